The van der Waals surface area contributed by atoms with Crippen molar-refractivity contribution in [2.45, 2.75) is 96.8 Å². The molecule has 0 bridgehead atoms. The second kappa shape index (κ2) is 26.1. The maximum atomic E-state index is 15.2. The molecule has 12 heterocycles. The first-order valence-electron chi connectivity index (χ1n) is 31.8. The number of benzene rings is 3. The van der Waals surface area contributed by atoms with Gasteiger partial charge in [-0.3, -0.25) is 14.0 Å². The number of rotatable bonds is 11. The van der Waals surface area contributed by atoms with Gasteiger partial charge in [0.25, 0.3) is 0 Å². The number of likely N-dealkylation sites (tertiary alicyclic amines) is 2. The van der Waals surface area contributed by atoms with Crippen molar-refractivity contribution in [3.8, 4) is 39.5 Å². The van der Waals surface area contributed by atoms with Gasteiger partial charge in [0.15, 0.2) is 11.3 Å². The minimum atomic E-state index is -0.318. The topological polar surface area (TPSA) is 197 Å². The summed E-state index contributed by atoms with van der Waals surface area (Å²) in [6.45, 7) is 16.8. The molecule has 0 radical (unpaired) electrons. The molecule has 3 fully saturated rings. The Morgan fingerprint density at radius 2 is 0.780 bits per heavy atom. The van der Waals surface area contributed by atoms with E-state index in [1.165, 1.54) is 6.07 Å². The van der Waals surface area contributed by atoms with Crippen molar-refractivity contribution < 1.29 is 17.9 Å². The smallest absolute Gasteiger partial charge is 0.153 e. The van der Waals surface area contributed by atoms with Crippen LogP contribution in [-0.2, 0) is 34.0 Å². The van der Waals surface area contributed by atoms with Crippen molar-refractivity contribution in [1.82, 2.24) is 90.0 Å². The van der Waals surface area contributed by atoms with Crippen LogP contribution in [0.15, 0.2) is 91.4 Å². The van der Waals surface area contributed by atoms with Gasteiger partial charge < -0.3 is 19.9 Å². The number of hydrogen-bond donors (Lipinski definition) is 1. The molecule has 0 saturated carbocycles. The predicted molar refractivity (Wildman–Crippen MR) is 349 cm³/mol. The van der Waals surface area contributed by atoms with E-state index in [0.717, 1.165) is 165 Å². The van der Waals surface area contributed by atoms with E-state index in [1.807, 2.05) is 88.3 Å². The van der Waals surface area contributed by atoms with E-state index in [2.05, 4.69) is 93.7 Å². The van der Waals surface area contributed by atoms with Crippen LogP contribution in [0, 0.1) is 17.5 Å². The summed E-state index contributed by atoms with van der Waals surface area (Å²) in [5, 5.41) is 44.8. The first-order chi connectivity index (χ1) is 44.2. The molecule has 22 heteroatoms. The molecule has 0 aliphatic carbocycles. The van der Waals surface area contributed by atoms with Crippen LogP contribution in [0.4, 0.5) is 13.2 Å². The van der Waals surface area contributed by atoms with Crippen molar-refractivity contribution in [2.24, 2.45) is 21.1 Å². The van der Waals surface area contributed by atoms with Gasteiger partial charge in [0, 0.05) is 77.8 Å². The summed E-state index contributed by atoms with van der Waals surface area (Å²) >= 11 is 0. The Labute approximate surface area is 525 Å². The van der Waals surface area contributed by atoms with E-state index in [-0.39, 0.29) is 17.5 Å². The SMILES string of the molecule is CCN1CCC(c2cc3c(F)cc(-c4cc(OC)c5nn(C)cc5n4)cc3nn2)CC1.CCc1cc(-c2cc(F)c3cc(C4CCN(CC)CC4)nnc3c2)nc2cn(C)nc12.CCc1cc(-c2cc(F)c3cc(C4CCNCC4)nnc3c2)nc2cn(C)nc12. The molecular formula is C69H75F3N18O. The number of hydrogen-bond acceptors (Lipinski definition) is 16. The Hall–Kier alpha value is -8.99. The number of nitrogens with one attached hydrogen (secondary N) is 1. The van der Waals surface area contributed by atoms with Crippen LogP contribution in [0.5, 0.6) is 5.75 Å². The summed E-state index contributed by atoms with van der Waals surface area (Å²) < 4.78 is 56.1. The summed E-state index contributed by atoms with van der Waals surface area (Å²) in [5.74, 6) is 0.740. The maximum absolute atomic E-state index is 15.2. The van der Waals surface area contributed by atoms with Crippen molar-refractivity contribution in [2.75, 3.05) is 59.5 Å². The molecule has 91 heavy (non-hydrogen) atoms. The molecule has 0 amide bonds. The van der Waals surface area contributed by atoms with Crippen molar-refractivity contribution in [1.29, 1.82) is 0 Å². The normalized spacial score (nSPS) is 15.7. The fourth-order valence-electron chi connectivity index (χ4n) is 13.2. The van der Waals surface area contributed by atoms with E-state index in [0.29, 0.717) is 89.6 Å². The number of aromatic nitrogens is 15. The predicted octanol–water partition coefficient (Wildman–Crippen LogP) is 12.2. The average molecular weight is 1230 g/mol. The summed E-state index contributed by atoms with van der Waals surface area (Å²) in [7, 11) is 7.18. The molecule has 468 valence electrons. The van der Waals surface area contributed by atoms with Gasteiger partial charge in [-0.15, -0.1) is 0 Å². The van der Waals surface area contributed by atoms with E-state index in [4.69, 9.17) is 14.7 Å². The van der Waals surface area contributed by atoms with Crippen LogP contribution in [-0.4, -0.2) is 144 Å². The lowest BCUT2D eigenvalue weighted by Crippen LogP contribution is -2.32. The molecule has 3 saturated heterocycles. The quantitative estimate of drug-likeness (QED) is 0.128. The average Bonchev–Trinajstić information content (AvgIpc) is 1.86. The zero-order valence-corrected chi connectivity index (χ0v) is 52.9. The third-order valence-electron chi connectivity index (χ3n) is 18.4. The highest BCUT2D eigenvalue weighted by Gasteiger charge is 2.26. The highest BCUT2D eigenvalue weighted by Crippen LogP contribution is 2.37. The van der Waals surface area contributed by atoms with Crippen molar-refractivity contribution in [3.63, 3.8) is 0 Å². The second-order valence-electron chi connectivity index (χ2n) is 24.3. The van der Waals surface area contributed by atoms with Crippen LogP contribution < -0.4 is 10.1 Å². The molecule has 0 spiro atoms. The van der Waals surface area contributed by atoms with Crippen molar-refractivity contribution in [3.05, 3.63) is 137 Å². The van der Waals surface area contributed by atoms with Gasteiger partial charge in [0.2, 0.25) is 0 Å². The Balaban J connectivity index is 0.000000125. The van der Waals surface area contributed by atoms with E-state index < -0.39 is 0 Å². The molecule has 15 rings (SSSR count). The van der Waals surface area contributed by atoms with Crippen molar-refractivity contribution >= 4 is 65.8 Å². The number of ether oxygens (including phenoxy) is 1. The molecule has 12 aromatic rings. The third kappa shape index (κ3) is 12.6. The van der Waals surface area contributed by atoms with Crippen LogP contribution in [0.25, 0.3) is 99.6 Å². The monoisotopic (exact) mass is 1230 g/mol. The zero-order chi connectivity index (χ0) is 63.0. The lowest BCUT2D eigenvalue weighted by Gasteiger charge is -2.30. The van der Waals surface area contributed by atoms with Crippen LogP contribution >= 0.6 is 0 Å². The highest BCUT2D eigenvalue weighted by molar-refractivity contribution is 5.90. The standard InChI is InChI=1S/C24H27FN6.C23H25FN6O.C22H23FN6/c1-4-15-11-20(26-23-14-30(3)29-24(15)23)17-10-19(25)18-13-21(27-28-22(18)12-17)16-6-8-31(5-2)9-7-16;1-4-30-7-5-14(6-8-30)19-11-16-17(24)9-15(10-20(16)27-26-19)18-12-22(31-3)23-21(25-18)13-29(2)28-23;1-3-13-9-18(25-21-12-29(2)28-22(13)21)15-8-17(23)16-11-19(26-27-20(16)10-15)14-4-6-24-7-5-14/h10-14,16H,4-9H2,1-3H3;9-14H,4-8H2,1-3H3;8-12,14,24H,3-7H2,1-2H3. The minimum absolute atomic E-state index is 0.277. The first kappa shape index (κ1) is 60.9. The molecule has 19 nitrogen and oxygen atoms in total. The Kier molecular flexibility index (Phi) is 17.5. The molecule has 9 aromatic heterocycles. The molecule has 1 N–H and O–H groups in total. The Morgan fingerprint density at radius 1 is 0.429 bits per heavy atom. The van der Waals surface area contributed by atoms with Crippen LogP contribution in [0.3, 0.4) is 0 Å². The van der Waals surface area contributed by atoms with E-state index in [1.54, 1.807) is 39.4 Å². The highest BCUT2D eigenvalue weighted by atomic mass is 19.1. The molecule has 3 aliphatic rings. The largest absolute Gasteiger partial charge is 0.494 e. The van der Waals surface area contributed by atoms with Gasteiger partial charge >= 0.3 is 0 Å². The second-order valence-corrected chi connectivity index (χ2v) is 24.3. The third-order valence-corrected chi connectivity index (χ3v) is 18.4. The van der Waals surface area contributed by atoms with E-state index in [9.17, 15) is 0 Å². The lowest BCUT2D eigenvalue weighted by atomic mass is 9.92. The number of piperidine rings is 3. The fourth-order valence-corrected chi connectivity index (χ4v) is 13.2. The van der Waals surface area contributed by atoms with Crippen LogP contribution in [0.1, 0.15) is 112 Å². The van der Waals surface area contributed by atoms with Gasteiger partial charge in [0.05, 0.1) is 76.4 Å². The Bertz CT molecular complexity index is 4460. The summed E-state index contributed by atoms with van der Waals surface area (Å²) in [4.78, 5) is 18.9. The lowest BCUT2D eigenvalue weighted by molar-refractivity contribution is 0.220. The molecule has 3 aliphatic heterocycles. The number of methoxy groups -OCH3 is 1. The van der Waals surface area contributed by atoms with Gasteiger partial charge in [-0.2, -0.15) is 45.9 Å². The number of aryl methyl sites for hydroxylation is 5. The number of halogens is 3. The number of nitrogens with zero attached hydrogens (tertiary/aromatic N) is 17. The van der Waals surface area contributed by atoms with Crippen LogP contribution in [0.2, 0.25) is 0 Å². The summed E-state index contributed by atoms with van der Waals surface area (Å²) in [6, 6.07) is 21.6. The maximum Gasteiger partial charge on any atom is 0.153 e. The molecule has 0 unspecified atom stereocenters. The van der Waals surface area contributed by atoms with E-state index >= 15 is 13.2 Å². The minimum Gasteiger partial charge on any atom is -0.494 e. The molecular weight excluding hydrogens is 1150 g/mol. The fraction of sp³-hybridized carbons (Fsp3) is 0.391. The van der Waals surface area contributed by atoms with Gasteiger partial charge in [0.1, 0.15) is 45.0 Å². The first-order valence-corrected chi connectivity index (χ1v) is 31.8. The summed E-state index contributed by atoms with van der Waals surface area (Å²) in [5.41, 5.74) is 15.4. The number of fused-ring (bicyclic) bond motifs is 6. The number of pyridine rings is 3. The van der Waals surface area contributed by atoms with Gasteiger partial charge in [-0.25, -0.2) is 28.1 Å². The Morgan fingerprint density at radius 3 is 1.14 bits per heavy atom. The van der Waals surface area contributed by atoms with Gasteiger partial charge in [-0.1, -0.05) is 27.7 Å². The van der Waals surface area contributed by atoms with Gasteiger partial charge in [-0.05, 0) is 182 Å². The molecule has 3 aromatic carbocycles. The zero-order valence-electron chi connectivity index (χ0n) is 52.9. The molecule has 0 atom stereocenters. The summed E-state index contributed by atoms with van der Waals surface area (Å²) in [6.07, 6.45) is 13.4.